The Bertz CT molecular complexity index is 1250. The molecule has 0 aromatic carbocycles. The fourth-order valence-corrected chi connectivity index (χ4v) is 11.7. The lowest BCUT2D eigenvalue weighted by Crippen LogP contribution is -2.54. The van der Waals surface area contributed by atoms with E-state index in [-0.39, 0.29) is 50.1 Å². The summed E-state index contributed by atoms with van der Waals surface area (Å²) in [6.07, 6.45) is 1.47. The summed E-state index contributed by atoms with van der Waals surface area (Å²) in [7, 11) is -6.47. The summed E-state index contributed by atoms with van der Waals surface area (Å²) in [5.74, 6) is -1.55. The molecule has 4 fully saturated rings. The molecule has 2 amide bonds. The van der Waals surface area contributed by atoms with E-state index in [9.17, 15) is 36.3 Å². The molecule has 2 unspecified atom stereocenters. The number of sulfone groups is 2. The maximum absolute atomic E-state index is 12.4. The van der Waals surface area contributed by atoms with E-state index in [1.807, 2.05) is 27.7 Å². The summed E-state index contributed by atoms with van der Waals surface area (Å²) in [6.45, 7) is 14.2. The van der Waals surface area contributed by atoms with E-state index in [2.05, 4.69) is 0 Å². The maximum atomic E-state index is 12.4. The number of ether oxygens (including phenoxy) is 2. The molecule has 14 heteroatoms. The number of carboxylic acids is 1. The van der Waals surface area contributed by atoms with Crippen LogP contribution in [0.5, 0.6) is 0 Å². The second kappa shape index (κ2) is 11.8. The molecule has 2 atom stereocenters. The highest BCUT2D eigenvalue weighted by Gasteiger charge is 2.59. The molecular formula is C28H48N2O10S2. The van der Waals surface area contributed by atoms with Crippen LogP contribution in [0.25, 0.3) is 0 Å². The van der Waals surface area contributed by atoms with Crippen molar-refractivity contribution in [2.24, 2.45) is 11.8 Å². The first-order valence-corrected chi connectivity index (χ1v) is 18.0. The van der Waals surface area contributed by atoms with Gasteiger partial charge in [0.25, 0.3) is 0 Å². The number of carboxylic acid groups (broad SMARTS) is 1. The number of carbonyl (C=O) groups is 3. The zero-order valence-corrected chi connectivity index (χ0v) is 27.6. The second-order valence-electron chi connectivity index (χ2n) is 14.1. The minimum atomic E-state index is -3.45. The Morgan fingerprint density at radius 1 is 0.690 bits per heavy atom. The molecule has 4 heterocycles. The number of likely N-dealkylation sites (tertiary alicyclic amines) is 2. The van der Waals surface area contributed by atoms with Crippen molar-refractivity contribution in [3.05, 3.63) is 0 Å². The number of hydrogen-bond acceptors (Lipinski definition) is 9. The Labute approximate surface area is 250 Å². The summed E-state index contributed by atoms with van der Waals surface area (Å²) in [5.41, 5.74) is -1.13. The van der Waals surface area contributed by atoms with Crippen molar-refractivity contribution in [2.45, 2.75) is 108 Å². The van der Waals surface area contributed by atoms with Crippen LogP contribution in [0.15, 0.2) is 0 Å². The molecule has 0 saturated carbocycles. The number of piperidine rings is 2. The van der Waals surface area contributed by atoms with Crippen molar-refractivity contribution < 1.29 is 45.8 Å². The van der Waals surface area contributed by atoms with Gasteiger partial charge in [-0.2, -0.15) is 0 Å². The summed E-state index contributed by atoms with van der Waals surface area (Å²) < 4.78 is 58.2. The van der Waals surface area contributed by atoms with Crippen molar-refractivity contribution in [1.82, 2.24) is 9.80 Å². The number of hydrogen-bond donors (Lipinski definition) is 1. The Kier molecular flexibility index (Phi) is 9.65. The normalized spacial score (nSPS) is 27.7. The van der Waals surface area contributed by atoms with Crippen molar-refractivity contribution in [3.63, 3.8) is 0 Å². The van der Waals surface area contributed by atoms with E-state index < -0.39 is 58.4 Å². The summed E-state index contributed by atoms with van der Waals surface area (Å²) in [6, 6.07) is 0. The van der Waals surface area contributed by atoms with Gasteiger partial charge < -0.3 is 24.4 Å². The highest BCUT2D eigenvalue weighted by atomic mass is 32.2. The summed E-state index contributed by atoms with van der Waals surface area (Å²) >= 11 is 0. The lowest BCUT2D eigenvalue weighted by molar-refractivity contribution is -0.143. The molecule has 0 aromatic rings. The van der Waals surface area contributed by atoms with Crippen molar-refractivity contribution in [2.75, 3.05) is 37.7 Å². The third kappa shape index (κ3) is 7.00. The molecule has 12 nitrogen and oxygen atoms in total. The molecule has 0 aliphatic carbocycles. The Morgan fingerprint density at radius 2 is 1.05 bits per heavy atom. The molecule has 4 aliphatic rings. The van der Waals surface area contributed by atoms with Gasteiger partial charge in [0.1, 0.15) is 11.2 Å². The molecule has 4 rings (SSSR count). The molecule has 0 radical (unpaired) electrons. The van der Waals surface area contributed by atoms with Crippen LogP contribution < -0.4 is 0 Å². The topological polar surface area (TPSA) is 165 Å². The molecule has 2 spiro atoms. The van der Waals surface area contributed by atoms with Gasteiger partial charge in [-0.15, -0.1) is 0 Å². The van der Waals surface area contributed by atoms with Gasteiger partial charge in [0, 0.05) is 26.2 Å². The summed E-state index contributed by atoms with van der Waals surface area (Å²) in [5, 5.41) is 9.32. The fraction of sp³-hybridized carbons (Fsp3) is 0.893. The van der Waals surface area contributed by atoms with Crippen LogP contribution in [0.3, 0.4) is 0 Å². The maximum Gasteiger partial charge on any atom is 0.410 e. The largest absolute Gasteiger partial charge is 0.481 e. The first kappa shape index (κ1) is 34.4. The van der Waals surface area contributed by atoms with Gasteiger partial charge in [-0.05, 0) is 86.0 Å². The predicted molar refractivity (Wildman–Crippen MR) is 157 cm³/mol. The number of nitrogens with zero attached hydrogens (tertiary/aromatic N) is 2. The average molecular weight is 637 g/mol. The van der Waals surface area contributed by atoms with Crippen molar-refractivity contribution >= 4 is 37.8 Å². The molecular weight excluding hydrogens is 588 g/mol. The Hall–Kier alpha value is -2.09. The van der Waals surface area contributed by atoms with E-state index in [0.29, 0.717) is 31.7 Å². The zero-order valence-electron chi connectivity index (χ0n) is 26.0. The van der Waals surface area contributed by atoms with E-state index in [1.165, 1.54) is 4.90 Å². The first-order chi connectivity index (χ1) is 19.1. The molecule has 0 aromatic heterocycles. The smallest absolute Gasteiger partial charge is 0.410 e. The quantitative estimate of drug-likeness (QED) is 0.450. The molecule has 4 aliphatic heterocycles. The lowest BCUT2D eigenvalue weighted by atomic mass is 9.82. The van der Waals surface area contributed by atoms with E-state index in [1.54, 1.807) is 25.7 Å². The average Bonchev–Trinajstić information content (AvgIpc) is 3.22. The fourth-order valence-electron chi connectivity index (χ4n) is 6.66. The number of amides is 2. The van der Waals surface area contributed by atoms with Gasteiger partial charge in [0.2, 0.25) is 0 Å². The zero-order chi connectivity index (χ0) is 31.9. The van der Waals surface area contributed by atoms with Gasteiger partial charge in [-0.3, -0.25) is 4.79 Å². The third-order valence-corrected chi connectivity index (χ3v) is 14.6. The van der Waals surface area contributed by atoms with Crippen LogP contribution in [0.2, 0.25) is 0 Å². The van der Waals surface area contributed by atoms with Gasteiger partial charge in [-0.1, -0.05) is 6.92 Å². The Morgan fingerprint density at radius 3 is 1.38 bits per heavy atom. The van der Waals surface area contributed by atoms with E-state index >= 15 is 0 Å². The van der Waals surface area contributed by atoms with E-state index in [4.69, 9.17) is 9.47 Å². The van der Waals surface area contributed by atoms with Crippen molar-refractivity contribution in [1.29, 1.82) is 0 Å². The minimum absolute atomic E-state index is 0.0869. The van der Waals surface area contributed by atoms with E-state index in [0.717, 1.165) is 6.42 Å². The number of carbonyl (C=O) groups excluding carboxylic acids is 2. The second-order valence-corrected chi connectivity index (χ2v) is 19.0. The number of rotatable bonds is 1. The van der Waals surface area contributed by atoms with Gasteiger partial charge in [0.15, 0.2) is 19.7 Å². The van der Waals surface area contributed by atoms with Gasteiger partial charge in [-0.25, -0.2) is 26.4 Å². The number of aliphatic carboxylic acids is 1. The molecule has 242 valence electrons. The third-order valence-electron chi connectivity index (χ3n) is 9.09. The highest BCUT2D eigenvalue weighted by molar-refractivity contribution is 7.93. The van der Waals surface area contributed by atoms with Crippen LogP contribution in [-0.4, -0.2) is 108 Å². The molecule has 4 saturated heterocycles. The van der Waals surface area contributed by atoms with Gasteiger partial charge in [0.05, 0.1) is 26.9 Å². The monoisotopic (exact) mass is 636 g/mol. The standard InChI is InChI=1S/C14H23NO6S.C14H25NO4S/c1-13(2,3)21-12(18)15-7-5-14(6-8-15)10(11(16)17)4-9-22(14,19)20;1-11-5-10-20(17,18)14(11)6-8-15(9-7-14)12(16)19-13(2,3)4/h10H,4-9H2,1-3H3,(H,16,17);11H,5-10H2,1-4H3. The SMILES string of the molecule is CC(C)(C)OC(=O)N1CCC2(CC1)C(C(=O)O)CCS2(=O)=O.CC1CCS(=O)(=O)C12CCN(C(=O)OC(C)(C)C)CC2. The van der Waals surface area contributed by atoms with Crippen LogP contribution in [0.4, 0.5) is 9.59 Å². The highest BCUT2D eigenvalue weighted by Crippen LogP contribution is 2.46. The lowest BCUT2D eigenvalue weighted by Gasteiger charge is -2.41. The first-order valence-electron chi connectivity index (χ1n) is 14.7. The van der Waals surface area contributed by atoms with Crippen molar-refractivity contribution in [3.8, 4) is 0 Å². The van der Waals surface area contributed by atoms with Crippen LogP contribution in [0.1, 0.15) is 87.0 Å². The van der Waals surface area contributed by atoms with Crippen LogP contribution in [-0.2, 0) is 33.9 Å². The molecule has 0 bridgehead atoms. The summed E-state index contributed by atoms with van der Waals surface area (Å²) in [4.78, 5) is 38.5. The Balaban J connectivity index is 0.000000231. The van der Waals surface area contributed by atoms with Crippen LogP contribution >= 0.6 is 0 Å². The molecule has 1 N–H and O–H groups in total. The van der Waals surface area contributed by atoms with Gasteiger partial charge >= 0.3 is 18.2 Å². The predicted octanol–water partition coefficient (Wildman–Crippen LogP) is 3.49. The molecule has 42 heavy (non-hydrogen) atoms. The van der Waals surface area contributed by atoms with Crippen LogP contribution in [0, 0.1) is 11.8 Å². The minimum Gasteiger partial charge on any atom is -0.481 e.